The second-order valence-corrected chi connectivity index (χ2v) is 9.07. The second kappa shape index (κ2) is 11.3. The van der Waals surface area contributed by atoms with E-state index in [9.17, 15) is 9.00 Å². The normalized spacial score (nSPS) is 11.6. The fourth-order valence-electron chi connectivity index (χ4n) is 3.69. The molecule has 0 radical (unpaired) electrons. The molecule has 0 aliphatic carbocycles. The SMILES string of the molecule is O=C(CCc1cccnc1)Cc1ccc(NS(=O)Cc2ccccc2-c2ccccc2)cc1. The van der Waals surface area contributed by atoms with Gasteiger partial charge in [0.2, 0.25) is 0 Å². The molecule has 0 aliphatic rings. The van der Waals surface area contributed by atoms with Crippen molar-refractivity contribution in [1.82, 2.24) is 4.98 Å². The van der Waals surface area contributed by atoms with Crippen molar-refractivity contribution in [2.45, 2.75) is 25.0 Å². The molecule has 1 atom stereocenters. The summed E-state index contributed by atoms with van der Waals surface area (Å²) in [4.78, 5) is 16.4. The zero-order valence-electron chi connectivity index (χ0n) is 18.3. The van der Waals surface area contributed by atoms with E-state index in [4.69, 9.17) is 0 Å². The Kier molecular flexibility index (Phi) is 7.77. The maximum atomic E-state index is 12.8. The van der Waals surface area contributed by atoms with Gasteiger partial charge in [-0.25, -0.2) is 4.21 Å². The van der Waals surface area contributed by atoms with Gasteiger partial charge in [0.25, 0.3) is 0 Å². The fraction of sp³-hybridized carbons (Fsp3) is 0.143. The molecular formula is C28H26N2O2S. The van der Waals surface area contributed by atoms with E-state index in [0.717, 1.165) is 33.5 Å². The number of benzene rings is 3. The zero-order chi connectivity index (χ0) is 22.9. The molecule has 0 aliphatic heterocycles. The first-order valence-corrected chi connectivity index (χ1v) is 12.3. The number of hydrogen-bond acceptors (Lipinski definition) is 3. The number of nitrogens with one attached hydrogen (secondary N) is 1. The van der Waals surface area contributed by atoms with Crippen molar-refractivity contribution in [1.29, 1.82) is 0 Å². The second-order valence-electron chi connectivity index (χ2n) is 7.89. The highest BCUT2D eigenvalue weighted by Crippen LogP contribution is 2.25. The van der Waals surface area contributed by atoms with Crippen LogP contribution in [-0.4, -0.2) is 15.0 Å². The first kappa shape index (κ1) is 22.6. The van der Waals surface area contributed by atoms with Crippen molar-refractivity contribution in [3.05, 3.63) is 120 Å². The summed E-state index contributed by atoms with van der Waals surface area (Å²) in [7, 11) is -1.27. The molecule has 1 heterocycles. The van der Waals surface area contributed by atoms with Gasteiger partial charge in [0.15, 0.2) is 0 Å². The van der Waals surface area contributed by atoms with E-state index in [1.54, 1.807) is 12.4 Å². The molecule has 1 N–H and O–H groups in total. The van der Waals surface area contributed by atoms with Crippen LogP contribution in [0.2, 0.25) is 0 Å². The largest absolute Gasteiger partial charge is 0.305 e. The minimum absolute atomic E-state index is 0.195. The summed E-state index contributed by atoms with van der Waals surface area (Å²) in [6.45, 7) is 0. The molecule has 3 aromatic carbocycles. The Hall–Kier alpha value is -3.57. The number of carbonyl (C=O) groups is 1. The Balaban J connectivity index is 1.31. The van der Waals surface area contributed by atoms with E-state index < -0.39 is 11.0 Å². The third kappa shape index (κ3) is 6.70. The van der Waals surface area contributed by atoms with E-state index in [2.05, 4.69) is 27.9 Å². The molecule has 4 rings (SSSR count). The van der Waals surface area contributed by atoms with Gasteiger partial charge in [0.05, 0.1) is 5.75 Å². The lowest BCUT2D eigenvalue weighted by atomic mass is 10.0. The minimum atomic E-state index is -1.27. The van der Waals surface area contributed by atoms with Crippen LogP contribution >= 0.6 is 0 Å². The smallest absolute Gasteiger partial charge is 0.137 e. The Labute approximate surface area is 197 Å². The highest BCUT2D eigenvalue weighted by Gasteiger charge is 2.09. The number of anilines is 1. The molecule has 0 saturated carbocycles. The number of nitrogens with zero attached hydrogens (tertiary/aromatic N) is 1. The summed E-state index contributed by atoms with van der Waals surface area (Å²) < 4.78 is 15.9. The quantitative estimate of drug-likeness (QED) is 0.331. The van der Waals surface area contributed by atoms with Crippen molar-refractivity contribution < 1.29 is 9.00 Å². The van der Waals surface area contributed by atoms with Gasteiger partial charge < -0.3 is 4.72 Å². The number of carbonyl (C=O) groups excluding carboxylic acids is 1. The third-order valence-electron chi connectivity index (χ3n) is 5.39. The van der Waals surface area contributed by atoms with Crippen LogP contribution in [-0.2, 0) is 34.4 Å². The molecule has 4 aromatic rings. The fourth-order valence-corrected chi connectivity index (χ4v) is 4.70. The van der Waals surface area contributed by atoms with Gasteiger partial charge in [-0.3, -0.25) is 9.78 Å². The van der Waals surface area contributed by atoms with Crippen LogP contribution < -0.4 is 4.72 Å². The molecule has 4 nitrogen and oxygen atoms in total. The minimum Gasteiger partial charge on any atom is -0.305 e. The van der Waals surface area contributed by atoms with Crippen LogP contribution in [0, 0.1) is 0 Å². The van der Waals surface area contributed by atoms with Crippen molar-refractivity contribution in [3.63, 3.8) is 0 Å². The molecular weight excluding hydrogens is 428 g/mol. The Morgan fingerprint density at radius 1 is 0.818 bits per heavy atom. The Bertz CT molecular complexity index is 1210. The highest BCUT2D eigenvalue weighted by atomic mass is 32.2. The molecule has 33 heavy (non-hydrogen) atoms. The predicted octanol–water partition coefficient (Wildman–Crippen LogP) is 5.77. The van der Waals surface area contributed by atoms with Gasteiger partial charge in [-0.05, 0) is 52.4 Å². The number of hydrogen-bond donors (Lipinski definition) is 1. The van der Waals surface area contributed by atoms with Gasteiger partial charge in [0.1, 0.15) is 16.8 Å². The van der Waals surface area contributed by atoms with Gasteiger partial charge in [0, 0.05) is 30.9 Å². The first-order valence-electron chi connectivity index (χ1n) is 11.0. The highest BCUT2D eigenvalue weighted by molar-refractivity contribution is 7.85. The van der Waals surface area contributed by atoms with Crippen LogP contribution in [0.15, 0.2) is 103 Å². The van der Waals surface area contributed by atoms with Crippen LogP contribution in [0.4, 0.5) is 5.69 Å². The summed E-state index contributed by atoms with van der Waals surface area (Å²) in [6, 6.07) is 29.6. The molecule has 0 bridgehead atoms. The van der Waals surface area contributed by atoms with Crippen molar-refractivity contribution >= 4 is 22.5 Å². The van der Waals surface area contributed by atoms with Crippen LogP contribution in [0.25, 0.3) is 11.1 Å². The van der Waals surface area contributed by atoms with E-state index in [-0.39, 0.29) is 5.78 Å². The number of pyridine rings is 1. The summed E-state index contributed by atoms with van der Waals surface area (Å²) in [6.07, 6.45) is 5.13. The lowest BCUT2D eigenvalue weighted by molar-refractivity contribution is -0.118. The van der Waals surface area contributed by atoms with Crippen molar-refractivity contribution in [3.8, 4) is 11.1 Å². The molecule has 1 unspecified atom stereocenters. The van der Waals surface area contributed by atoms with Gasteiger partial charge in [-0.2, -0.15) is 0 Å². The Morgan fingerprint density at radius 2 is 1.58 bits per heavy atom. The van der Waals surface area contributed by atoms with Crippen LogP contribution in [0.1, 0.15) is 23.1 Å². The average molecular weight is 455 g/mol. The lowest BCUT2D eigenvalue weighted by Crippen LogP contribution is -2.08. The number of aryl methyl sites for hydroxylation is 1. The number of rotatable bonds is 10. The topological polar surface area (TPSA) is 59.1 Å². The molecule has 0 fully saturated rings. The van der Waals surface area contributed by atoms with E-state index in [1.165, 1.54) is 0 Å². The summed E-state index contributed by atoms with van der Waals surface area (Å²) in [5.74, 6) is 0.597. The first-order chi connectivity index (χ1) is 16.2. The van der Waals surface area contributed by atoms with Crippen LogP contribution in [0.5, 0.6) is 0 Å². The number of ketones is 1. The zero-order valence-corrected chi connectivity index (χ0v) is 19.1. The standard InChI is InChI=1S/C28H26N2O2S/c31-27(17-14-23-7-6-18-29-20-23)19-22-12-15-26(16-13-22)30-33(32)21-25-10-4-5-11-28(25)24-8-2-1-3-9-24/h1-13,15-16,18,20,30H,14,17,19,21H2. The lowest BCUT2D eigenvalue weighted by Gasteiger charge is -2.11. The molecule has 166 valence electrons. The van der Waals surface area contributed by atoms with E-state index in [0.29, 0.717) is 25.0 Å². The maximum absolute atomic E-state index is 12.8. The third-order valence-corrected chi connectivity index (χ3v) is 6.43. The Morgan fingerprint density at radius 3 is 2.33 bits per heavy atom. The molecule has 5 heteroatoms. The summed E-state index contributed by atoms with van der Waals surface area (Å²) in [5, 5.41) is 0. The van der Waals surface area contributed by atoms with Crippen LogP contribution in [0.3, 0.4) is 0 Å². The summed E-state index contributed by atoms with van der Waals surface area (Å²) in [5.41, 5.74) is 6.04. The molecule has 0 amide bonds. The summed E-state index contributed by atoms with van der Waals surface area (Å²) >= 11 is 0. The molecule has 1 aromatic heterocycles. The monoisotopic (exact) mass is 454 g/mol. The van der Waals surface area contributed by atoms with Gasteiger partial charge in [-0.1, -0.05) is 72.8 Å². The van der Waals surface area contributed by atoms with Gasteiger partial charge >= 0.3 is 0 Å². The van der Waals surface area contributed by atoms with E-state index in [1.807, 2.05) is 72.8 Å². The number of aromatic nitrogens is 1. The van der Waals surface area contributed by atoms with Gasteiger partial charge in [-0.15, -0.1) is 0 Å². The van der Waals surface area contributed by atoms with Crippen molar-refractivity contribution in [2.75, 3.05) is 4.72 Å². The van der Waals surface area contributed by atoms with E-state index >= 15 is 0 Å². The van der Waals surface area contributed by atoms with Crippen molar-refractivity contribution in [2.24, 2.45) is 0 Å². The molecule has 0 saturated heterocycles. The molecule has 0 spiro atoms. The predicted molar refractivity (Wildman–Crippen MR) is 135 cm³/mol. The average Bonchev–Trinajstić information content (AvgIpc) is 2.85. The number of Topliss-reactive ketones (excluding diaryl/α,β-unsaturated/α-hetero) is 1. The maximum Gasteiger partial charge on any atom is 0.137 e.